The van der Waals surface area contributed by atoms with E-state index >= 15 is 0 Å². The van der Waals surface area contributed by atoms with Gasteiger partial charge in [-0.25, -0.2) is 0 Å². The van der Waals surface area contributed by atoms with E-state index < -0.39 is 0 Å². The highest BCUT2D eigenvalue weighted by Crippen LogP contribution is 2.23. The van der Waals surface area contributed by atoms with Crippen LogP contribution in [0.2, 0.25) is 0 Å². The minimum absolute atomic E-state index is 0.100. The van der Waals surface area contributed by atoms with Gasteiger partial charge in [-0.2, -0.15) is 5.10 Å². The summed E-state index contributed by atoms with van der Waals surface area (Å²) in [6.45, 7) is 9.28. The van der Waals surface area contributed by atoms with Crippen molar-refractivity contribution < 1.29 is 0 Å². The van der Waals surface area contributed by atoms with Gasteiger partial charge < -0.3 is 5.73 Å². The van der Waals surface area contributed by atoms with Gasteiger partial charge in [-0.1, -0.05) is 23.8 Å². The molecule has 2 aromatic rings. The van der Waals surface area contributed by atoms with Crippen molar-refractivity contribution in [3.8, 4) is 0 Å². The molecule has 0 aliphatic rings. The van der Waals surface area contributed by atoms with Crippen molar-refractivity contribution in [2.45, 2.75) is 53.1 Å². The lowest BCUT2D eigenvalue weighted by molar-refractivity contribution is 0.572. The van der Waals surface area contributed by atoms with Gasteiger partial charge in [0.1, 0.15) is 0 Å². The molecule has 0 fully saturated rings. The molecule has 0 radical (unpaired) electrons. The summed E-state index contributed by atoms with van der Waals surface area (Å²) in [6, 6.07) is 6.67. The summed E-state index contributed by atoms with van der Waals surface area (Å²) >= 11 is 3.64. The SMILES string of the molecule is CCn1nc(C)c(Br)c1CC(N)Cc1cc(C)ccc1C. The number of rotatable bonds is 5. The van der Waals surface area contributed by atoms with E-state index in [1.54, 1.807) is 0 Å². The molecule has 1 heterocycles. The molecule has 1 atom stereocenters. The second kappa shape index (κ2) is 6.75. The number of nitrogens with two attached hydrogens (primary N) is 1. The first-order chi connectivity index (χ1) is 9.92. The maximum absolute atomic E-state index is 6.40. The maximum atomic E-state index is 6.40. The Kier molecular flexibility index (Phi) is 5.22. The minimum Gasteiger partial charge on any atom is -0.327 e. The Bertz CT molecular complexity index is 631. The van der Waals surface area contributed by atoms with Gasteiger partial charge in [0, 0.05) is 19.0 Å². The van der Waals surface area contributed by atoms with Crippen molar-refractivity contribution in [2.75, 3.05) is 0 Å². The van der Waals surface area contributed by atoms with Gasteiger partial charge in [0.25, 0.3) is 0 Å². The van der Waals surface area contributed by atoms with Crippen LogP contribution in [0.3, 0.4) is 0 Å². The molecule has 2 N–H and O–H groups in total. The molecule has 0 saturated heterocycles. The Morgan fingerprint density at radius 2 is 1.95 bits per heavy atom. The molecule has 0 saturated carbocycles. The quantitative estimate of drug-likeness (QED) is 0.894. The molecule has 21 heavy (non-hydrogen) atoms. The standard InChI is InChI=1S/C17H24BrN3/c1-5-21-16(17(18)13(4)20-21)10-15(19)9-14-8-11(2)6-7-12(14)3/h6-8,15H,5,9-10,19H2,1-4H3. The predicted octanol–water partition coefficient (Wildman–Crippen LogP) is 3.70. The van der Waals surface area contributed by atoms with Crippen LogP contribution in [0, 0.1) is 20.8 Å². The lowest BCUT2D eigenvalue weighted by Crippen LogP contribution is -2.27. The van der Waals surface area contributed by atoms with Gasteiger partial charge in [-0.15, -0.1) is 0 Å². The Balaban J connectivity index is 2.15. The molecule has 1 aromatic carbocycles. The molecule has 0 amide bonds. The highest BCUT2D eigenvalue weighted by molar-refractivity contribution is 9.10. The molecule has 0 spiro atoms. The molecule has 2 rings (SSSR count). The van der Waals surface area contributed by atoms with Crippen LogP contribution in [0.4, 0.5) is 0 Å². The predicted molar refractivity (Wildman–Crippen MR) is 91.6 cm³/mol. The van der Waals surface area contributed by atoms with Crippen LogP contribution < -0.4 is 5.73 Å². The van der Waals surface area contributed by atoms with E-state index in [9.17, 15) is 0 Å². The normalized spacial score (nSPS) is 12.7. The summed E-state index contributed by atoms with van der Waals surface area (Å²) in [6.07, 6.45) is 1.73. The van der Waals surface area contributed by atoms with Crippen LogP contribution in [0.1, 0.15) is 35.0 Å². The zero-order valence-electron chi connectivity index (χ0n) is 13.3. The fourth-order valence-corrected chi connectivity index (χ4v) is 3.13. The van der Waals surface area contributed by atoms with Crippen LogP contribution in [0.5, 0.6) is 0 Å². The van der Waals surface area contributed by atoms with E-state index in [4.69, 9.17) is 5.73 Å². The first-order valence-electron chi connectivity index (χ1n) is 7.45. The number of benzene rings is 1. The van der Waals surface area contributed by atoms with E-state index in [1.807, 2.05) is 11.6 Å². The highest BCUT2D eigenvalue weighted by atomic mass is 79.9. The van der Waals surface area contributed by atoms with Crippen molar-refractivity contribution >= 4 is 15.9 Å². The second-order valence-electron chi connectivity index (χ2n) is 5.76. The summed E-state index contributed by atoms with van der Waals surface area (Å²) in [5.74, 6) is 0. The van der Waals surface area contributed by atoms with Crippen LogP contribution in [0.25, 0.3) is 0 Å². The van der Waals surface area contributed by atoms with Crippen molar-refractivity contribution in [1.29, 1.82) is 0 Å². The molecular formula is C17H24BrN3. The van der Waals surface area contributed by atoms with Gasteiger partial charge in [0.2, 0.25) is 0 Å². The van der Waals surface area contributed by atoms with Gasteiger partial charge in [-0.3, -0.25) is 4.68 Å². The van der Waals surface area contributed by atoms with Crippen LogP contribution in [0.15, 0.2) is 22.7 Å². The zero-order chi connectivity index (χ0) is 15.6. The van der Waals surface area contributed by atoms with Crippen molar-refractivity contribution in [1.82, 2.24) is 9.78 Å². The van der Waals surface area contributed by atoms with E-state index in [-0.39, 0.29) is 6.04 Å². The van der Waals surface area contributed by atoms with Gasteiger partial charge in [0.05, 0.1) is 15.9 Å². The third kappa shape index (κ3) is 3.74. The molecule has 114 valence electrons. The second-order valence-corrected chi connectivity index (χ2v) is 6.55. The third-order valence-electron chi connectivity index (χ3n) is 3.90. The topological polar surface area (TPSA) is 43.8 Å². The average molecular weight is 350 g/mol. The molecule has 1 unspecified atom stereocenters. The largest absolute Gasteiger partial charge is 0.327 e. The van der Waals surface area contributed by atoms with E-state index in [0.29, 0.717) is 0 Å². The summed E-state index contributed by atoms with van der Waals surface area (Å²) in [5.41, 5.74) is 12.6. The van der Waals surface area contributed by atoms with E-state index in [0.717, 1.165) is 29.6 Å². The summed E-state index contributed by atoms with van der Waals surface area (Å²) in [5, 5.41) is 4.53. The lowest BCUT2D eigenvalue weighted by atomic mass is 9.97. The summed E-state index contributed by atoms with van der Waals surface area (Å²) in [4.78, 5) is 0. The molecule has 0 bridgehead atoms. The first-order valence-corrected chi connectivity index (χ1v) is 8.25. The van der Waals surface area contributed by atoms with Crippen molar-refractivity contribution in [3.05, 3.63) is 50.8 Å². The Morgan fingerprint density at radius 1 is 1.24 bits per heavy atom. The van der Waals surface area contributed by atoms with Crippen molar-refractivity contribution in [3.63, 3.8) is 0 Å². The number of hydrogen-bond donors (Lipinski definition) is 1. The highest BCUT2D eigenvalue weighted by Gasteiger charge is 2.16. The van der Waals surface area contributed by atoms with Gasteiger partial charge in [-0.05, 0) is 61.2 Å². The van der Waals surface area contributed by atoms with Crippen molar-refractivity contribution in [2.24, 2.45) is 5.73 Å². The lowest BCUT2D eigenvalue weighted by Gasteiger charge is -2.15. The number of halogens is 1. The van der Waals surface area contributed by atoms with Crippen LogP contribution in [-0.4, -0.2) is 15.8 Å². The molecule has 0 aliphatic carbocycles. The fraction of sp³-hybridized carbons (Fsp3) is 0.471. The minimum atomic E-state index is 0.100. The summed E-state index contributed by atoms with van der Waals surface area (Å²) < 4.78 is 3.14. The zero-order valence-corrected chi connectivity index (χ0v) is 14.9. The first kappa shape index (κ1) is 16.2. The molecule has 1 aromatic heterocycles. The van der Waals surface area contributed by atoms with E-state index in [1.165, 1.54) is 22.4 Å². The Labute approximate surface area is 135 Å². The van der Waals surface area contributed by atoms with Crippen LogP contribution in [-0.2, 0) is 19.4 Å². The number of aryl methyl sites for hydroxylation is 4. The Hall–Kier alpha value is -1.13. The number of hydrogen-bond acceptors (Lipinski definition) is 2. The molecule has 0 aliphatic heterocycles. The average Bonchev–Trinajstić information content (AvgIpc) is 2.70. The number of aromatic nitrogens is 2. The van der Waals surface area contributed by atoms with Gasteiger partial charge >= 0.3 is 0 Å². The van der Waals surface area contributed by atoms with Gasteiger partial charge in [0.15, 0.2) is 0 Å². The Morgan fingerprint density at radius 3 is 2.62 bits per heavy atom. The third-order valence-corrected chi connectivity index (χ3v) is 4.93. The smallest absolute Gasteiger partial charge is 0.0738 e. The molecule has 4 heteroatoms. The molecular weight excluding hydrogens is 326 g/mol. The number of nitrogens with zero attached hydrogens (tertiary/aromatic N) is 2. The monoisotopic (exact) mass is 349 g/mol. The summed E-state index contributed by atoms with van der Waals surface area (Å²) in [7, 11) is 0. The van der Waals surface area contributed by atoms with Crippen LogP contribution >= 0.6 is 15.9 Å². The fourth-order valence-electron chi connectivity index (χ4n) is 2.69. The van der Waals surface area contributed by atoms with E-state index in [2.05, 4.69) is 60.0 Å². The maximum Gasteiger partial charge on any atom is 0.0738 e. The molecule has 3 nitrogen and oxygen atoms in total.